The van der Waals surface area contributed by atoms with Crippen LogP contribution in [0.25, 0.3) is 11.3 Å². The fourth-order valence-electron chi connectivity index (χ4n) is 1.49. The third-order valence-electron chi connectivity index (χ3n) is 2.39. The van der Waals surface area contributed by atoms with Crippen LogP contribution < -0.4 is 0 Å². The second-order valence-corrected chi connectivity index (χ2v) is 3.48. The zero-order valence-corrected chi connectivity index (χ0v) is 8.96. The van der Waals surface area contributed by atoms with Gasteiger partial charge in [0.05, 0.1) is 11.4 Å². The van der Waals surface area contributed by atoms with Gasteiger partial charge in [-0.15, -0.1) is 0 Å². The molecule has 80 valence electrons. The monoisotopic (exact) mass is 212 g/mol. The molecule has 0 spiro atoms. The second-order valence-electron chi connectivity index (χ2n) is 3.48. The van der Waals surface area contributed by atoms with Gasteiger partial charge in [0.25, 0.3) is 0 Å². The highest BCUT2D eigenvalue weighted by Crippen LogP contribution is 2.17. The maximum absolute atomic E-state index is 8.72. The van der Waals surface area contributed by atoms with Gasteiger partial charge in [-0.25, -0.2) is 0 Å². The summed E-state index contributed by atoms with van der Waals surface area (Å²) < 4.78 is 0. The molecule has 16 heavy (non-hydrogen) atoms. The first-order valence-corrected chi connectivity index (χ1v) is 5.02. The molecule has 0 radical (unpaired) electrons. The van der Waals surface area contributed by atoms with E-state index in [1.807, 2.05) is 42.5 Å². The number of hydrogen-bond donors (Lipinski definition) is 1. The lowest BCUT2D eigenvalue weighted by atomic mass is 10.1. The Hall–Kier alpha value is -2.16. The summed E-state index contributed by atoms with van der Waals surface area (Å²) in [5.41, 5.74) is 3.42. The fraction of sp³-hybridized carbons (Fsp3) is 0.0769. The van der Waals surface area contributed by atoms with Gasteiger partial charge in [-0.3, -0.25) is 4.98 Å². The SMILES string of the molecule is C/C(=N\O)c1cccc(-c2ccccn2)c1. The van der Waals surface area contributed by atoms with E-state index in [1.165, 1.54) is 0 Å². The fourth-order valence-corrected chi connectivity index (χ4v) is 1.49. The van der Waals surface area contributed by atoms with Gasteiger partial charge in [0, 0.05) is 11.8 Å². The van der Waals surface area contributed by atoms with Crippen molar-refractivity contribution in [2.24, 2.45) is 5.16 Å². The molecule has 2 rings (SSSR count). The Kier molecular flexibility index (Phi) is 2.96. The van der Waals surface area contributed by atoms with Crippen molar-refractivity contribution in [2.75, 3.05) is 0 Å². The number of nitrogens with zero attached hydrogens (tertiary/aromatic N) is 2. The van der Waals surface area contributed by atoms with Gasteiger partial charge < -0.3 is 5.21 Å². The Morgan fingerprint density at radius 3 is 2.75 bits per heavy atom. The summed E-state index contributed by atoms with van der Waals surface area (Å²) in [7, 11) is 0. The van der Waals surface area contributed by atoms with Crippen LogP contribution in [0.2, 0.25) is 0 Å². The highest BCUT2D eigenvalue weighted by atomic mass is 16.4. The van der Waals surface area contributed by atoms with Crippen molar-refractivity contribution in [3.63, 3.8) is 0 Å². The van der Waals surface area contributed by atoms with Crippen molar-refractivity contribution in [3.8, 4) is 11.3 Å². The zero-order valence-electron chi connectivity index (χ0n) is 8.96. The van der Waals surface area contributed by atoms with Crippen LogP contribution in [0.5, 0.6) is 0 Å². The van der Waals surface area contributed by atoms with Crippen molar-refractivity contribution in [2.45, 2.75) is 6.92 Å². The standard InChI is InChI=1S/C13H12N2O/c1-10(15-16)11-5-4-6-12(9-11)13-7-2-3-8-14-13/h2-9,16H,1H3/b15-10+. The molecule has 0 unspecified atom stereocenters. The van der Waals surface area contributed by atoms with E-state index in [9.17, 15) is 0 Å². The van der Waals surface area contributed by atoms with Crippen molar-refractivity contribution in [1.29, 1.82) is 0 Å². The molecule has 0 saturated heterocycles. The number of oxime groups is 1. The van der Waals surface area contributed by atoms with Crippen molar-refractivity contribution in [1.82, 2.24) is 4.98 Å². The maximum atomic E-state index is 8.72. The second kappa shape index (κ2) is 4.57. The summed E-state index contributed by atoms with van der Waals surface area (Å²) in [6.45, 7) is 1.76. The summed E-state index contributed by atoms with van der Waals surface area (Å²) in [5, 5.41) is 11.9. The molecular weight excluding hydrogens is 200 g/mol. The van der Waals surface area contributed by atoms with E-state index < -0.39 is 0 Å². The summed E-state index contributed by atoms with van der Waals surface area (Å²) >= 11 is 0. The smallest absolute Gasteiger partial charge is 0.0837 e. The van der Waals surface area contributed by atoms with Gasteiger partial charge in [-0.05, 0) is 30.7 Å². The highest BCUT2D eigenvalue weighted by Gasteiger charge is 2.02. The number of benzene rings is 1. The molecular formula is C13H12N2O. The number of pyridine rings is 1. The van der Waals surface area contributed by atoms with Crippen LogP contribution in [-0.4, -0.2) is 15.9 Å². The third-order valence-corrected chi connectivity index (χ3v) is 2.39. The Morgan fingerprint density at radius 1 is 1.19 bits per heavy atom. The molecule has 0 aliphatic heterocycles. The largest absolute Gasteiger partial charge is 0.411 e. The lowest BCUT2D eigenvalue weighted by Crippen LogP contribution is -1.94. The maximum Gasteiger partial charge on any atom is 0.0837 e. The van der Waals surface area contributed by atoms with Crippen LogP contribution in [0.3, 0.4) is 0 Å². The Balaban J connectivity index is 2.44. The van der Waals surface area contributed by atoms with E-state index in [0.29, 0.717) is 5.71 Å². The van der Waals surface area contributed by atoms with E-state index in [4.69, 9.17) is 5.21 Å². The van der Waals surface area contributed by atoms with Gasteiger partial charge in [0.2, 0.25) is 0 Å². The minimum Gasteiger partial charge on any atom is -0.411 e. The van der Waals surface area contributed by atoms with Crippen LogP contribution in [0.15, 0.2) is 53.8 Å². The van der Waals surface area contributed by atoms with E-state index in [2.05, 4.69) is 10.1 Å². The van der Waals surface area contributed by atoms with Crippen LogP contribution in [0, 0.1) is 0 Å². The molecule has 1 heterocycles. The normalized spacial score (nSPS) is 11.4. The van der Waals surface area contributed by atoms with E-state index >= 15 is 0 Å². The molecule has 2 aromatic rings. The highest BCUT2D eigenvalue weighted by molar-refractivity contribution is 5.99. The minimum absolute atomic E-state index is 0.595. The van der Waals surface area contributed by atoms with Gasteiger partial charge in [-0.2, -0.15) is 0 Å². The first-order valence-electron chi connectivity index (χ1n) is 5.02. The molecule has 0 saturated carbocycles. The lowest BCUT2D eigenvalue weighted by Gasteiger charge is -2.03. The number of aromatic nitrogens is 1. The van der Waals surface area contributed by atoms with Crippen molar-refractivity contribution < 1.29 is 5.21 Å². The summed E-state index contributed by atoms with van der Waals surface area (Å²) in [5.74, 6) is 0. The predicted molar refractivity (Wildman–Crippen MR) is 63.7 cm³/mol. The average Bonchev–Trinajstić information content (AvgIpc) is 2.39. The number of hydrogen-bond acceptors (Lipinski definition) is 3. The first kappa shape index (κ1) is 10.4. The summed E-state index contributed by atoms with van der Waals surface area (Å²) in [4.78, 5) is 4.27. The molecule has 0 aliphatic rings. The lowest BCUT2D eigenvalue weighted by molar-refractivity contribution is 0.319. The quantitative estimate of drug-likeness (QED) is 0.472. The van der Waals surface area contributed by atoms with Gasteiger partial charge in [-0.1, -0.05) is 29.4 Å². The first-order chi connectivity index (χ1) is 7.81. The minimum atomic E-state index is 0.595. The third kappa shape index (κ3) is 2.08. The van der Waals surface area contributed by atoms with Crippen molar-refractivity contribution >= 4 is 5.71 Å². The van der Waals surface area contributed by atoms with Crippen molar-refractivity contribution in [3.05, 3.63) is 54.2 Å². The van der Waals surface area contributed by atoms with Gasteiger partial charge in [0.1, 0.15) is 0 Å². The summed E-state index contributed by atoms with van der Waals surface area (Å²) in [6.07, 6.45) is 1.76. The molecule has 0 amide bonds. The molecule has 3 nitrogen and oxygen atoms in total. The topological polar surface area (TPSA) is 45.5 Å². The van der Waals surface area contributed by atoms with E-state index in [-0.39, 0.29) is 0 Å². The number of rotatable bonds is 2. The van der Waals surface area contributed by atoms with Gasteiger partial charge in [0.15, 0.2) is 0 Å². The average molecular weight is 212 g/mol. The van der Waals surface area contributed by atoms with Crippen LogP contribution in [0.1, 0.15) is 12.5 Å². The Bertz CT molecular complexity index is 506. The van der Waals surface area contributed by atoms with E-state index in [0.717, 1.165) is 16.8 Å². The van der Waals surface area contributed by atoms with Crippen LogP contribution >= 0.6 is 0 Å². The Morgan fingerprint density at radius 2 is 2.06 bits per heavy atom. The Labute approximate surface area is 94.1 Å². The molecule has 1 aromatic heterocycles. The molecule has 0 atom stereocenters. The molecule has 0 aliphatic carbocycles. The van der Waals surface area contributed by atoms with Crippen LogP contribution in [-0.2, 0) is 0 Å². The van der Waals surface area contributed by atoms with Gasteiger partial charge >= 0.3 is 0 Å². The molecule has 0 fully saturated rings. The molecule has 3 heteroatoms. The van der Waals surface area contributed by atoms with Crippen LogP contribution in [0.4, 0.5) is 0 Å². The zero-order chi connectivity index (χ0) is 11.4. The molecule has 1 N–H and O–H groups in total. The predicted octanol–water partition coefficient (Wildman–Crippen LogP) is 2.95. The van der Waals surface area contributed by atoms with E-state index in [1.54, 1.807) is 13.1 Å². The molecule has 0 bridgehead atoms. The molecule has 1 aromatic carbocycles. The summed E-state index contributed by atoms with van der Waals surface area (Å²) in [6, 6.07) is 13.5.